The smallest absolute Gasteiger partial charge is 0.305 e. The van der Waals surface area contributed by atoms with E-state index < -0.39 is 23.7 Å². The van der Waals surface area contributed by atoms with Crippen molar-refractivity contribution >= 4 is 11.9 Å². The lowest BCUT2D eigenvalue weighted by atomic mass is 9.86. The van der Waals surface area contributed by atoms with Crippen LogP contribution in [-0.4, -0.2) is 17.0 Å². The molecule has 4 nitrogen and oxygen atoms in total. The molecule has 2 aromatic carbocycles. The van der Waals surface area contributed by atoms with Crippen molar-refractivity contribution < 1.29 is 19.1 Å². The molecule has 2 rings (SSSR count). The van der Waals surface area contributed by atoms with Gasteiger partial charge in [0.1, 0.15) is 5.82 Å². The molecule has 0 radical (unpaired) electrons. The van der Waals surface area contributed by atoms with Gasteiger partial charge in [-0.1, -0.05) is 45.0 Å². The van der Waals surface area contributed by atoms with Crippen molar-refractivity contribution in [1.29, 1.82) is 0 Å². The molecule has 0 spiro atoms. The molecule has 1 atom stereocenters. The minimum Gasteiger partial charge on any atom is -0.481 e. The summed E-state index contributed by atoms with van der Waals surface area (Å²) in [5.41, 5.74) is 2.10. The Labute approximate surface area is 146 Å². The van der Waals surface area contributed by atoms with E-state index in [9.17, 15) is 14.0 Å². The third kappa shape index (κ3) is 5.14. The summed E-state index contributed by atoms with van der Waals surface area (Å²) in [7, 11) is 0. The Bertz CT molecular complexity index is 746. The second kappa shape index (κ2) is 7.47. The van der Waals surface area contributed by atoms with Crippen LogP contribution in [-0.2, 0) is 10.2 Å². The summed E-state index contributed by atoms with van der Waals surface area (Å²) in [6.07, 6.45) is -0.234. The summed E-state index contributed by atoms with van der Waals surface area (Å²) in [4.78, 5) is 23.5. The van der Waals surface area contributed by atoms with Crippen molar-refractivity contribution in [3.63, 3.8) is 0 Å². The molecule has 0 aliphatic heterocycles. The van der Waals surface area contributed by atoms with E-state index in [1.165, 1.54) is 24.3 Å². The quantitative estimate of drug-likeness (QED) is 0.860. The molecular weight excluding hydrogens is 321 g/mol. The Hall–Kier alpha value is -2.69. The SMILES string of the molecule is CC(C)(C)c1ccc(C(CC(=O)O)NC(=O)c2ccc(F)cc2)cc1. The lowest BCUT2D eigenvalue weighted by Gasteiger charge is -2.22. The van der Waals surface area contributed by atoms with Crippen molar-refractivity contribution in [3.8, 4) is 0 Å². The maximum absolute atomic E-state index is 13.0. The van der Waals surface area contributed by atoms with Crippen LogP contribution in [0.3, 0.4) is 0 Å². The highest BCUT2D eigenvalue weighted by molar-refractivity contribution is 5.94. The molecule has 0 saturated heterocycles. The van der Waals surface area contributed by atoms with Crippen LogP contribution < -0.4 is 5.32 Å². The average molecular weight is 343 g/mol. The first-order chi connectivity index (χ1) is 11.7. The second-order valence-corrected chi connectivity index (χ2v) is 7.00. The van der Waals surface area contributed by atoms with Crippen LogP contribution in [0.2, 0.25) is 0 Å². The predicted molar refractivity (Wildman–Crippen MR) is 94.0 cm³/mol. The normalized spacial score (nSPS) is 12.5. The third-order valence-electron chi connectivity index (χ3n) is 3.97. The van der Waals surface area contributed by atoms with Gasteiger partial charge in [-0.3, -0.25) is 9.59 Å². The average Bonchev–Trinajstić information content (AvgIpc) is 2.53. The molecule has 0 aliphatic carbocycles. The number of rotatable bonds is 5. The second-order valence-electron chi connectivity index (χ2n) is 7.00. The van der Waals surface area contributed by atoms with Crippen LogP contribution in [0.15, 0.2) is 48.5 Å². The van der Waals surface area contributed by atoms with E-state index >= 15 is 0 Å². The molecule has 5 heteroatoms. The zero-order chi connectivity index (χ0) is 18.6. The summed E-state index contributed by atoms with van der Waals surface area (Å²) in [6.45, 7) is 6.27. The van der Waals surface area contributed by atoms with E-state index in [0.717, 1.165) is 5.56 Å². The molecule has 25 heavy (non-hydrogen) atoms. The van der Waals surface area contributed by atoms with Crippen LogP contribution >= 0.6 is 0 Å². The van der Waals surface area contributed by atoms with Crippen LogP contribution in [0.1, 0.15) is 54.7 Å². The van der Waals surface area contributed by atoms with Gasteiger partial charge in [0.25, 0.3) is 5.91 Å². The molecule has 0 aliphatic rings. The summed E-state index contributed by atoms with van der Waals surface area (Å²) in [5, 5.41) is 11.9. The number of hydrogen-bond acceptors (Lipinski definition) is 2. The van der Waals surface area contributed by atoms with Gasteiger partial charge < -0.3 is 10.4 Å². The van der Waals surface area contributed by atoms with Gasteiger partial charge in [-0.05, 0) is 40.8 Å². The number of benzene rings is 2. The molecular formula is C20H22FNO3. The minimum atomic E-state index is -1.01. The first kappa shape index (κ1) is 18.6. The van der Waals surface area contributed by atoms with Gasteiger partial charge in [-0.25, -0.2) is 4.39 Å². The number of hydrogen-bond donors (Lipinski definition) is 2. The van der Waals surface area contributed by atoms with Gasteiger partial charge in [0.15, 0.2) is 0 Å². The lowest BCUT2D eigenvalue weighted by molar-refractivity contribution is -0.137. The van der Waals surface area contributed by atoms with Gasteiger partial charge in [0.05, 0.1) is 12.5 Å². The molecule has 1 unspecified atom stereocenters. The van der Waals surface area contributed by atoms with E-state index in [1.54, 1.807) is 0 Å². The van der Waals surface area contributed by atoms with E-state index in [2.05, 4.69) is 26.1 Å². The zero-order valence-electron chi connectivity index (χ0n) is 14.5. The van der Waals surface area contributed by atoms with E-state index in [0.29, 0.717) is 5.56 Å². The fourth-order valence-corrected chi connectivity index (χ4v) is 2.49. The minimum absolute atomic E-state index is 0.0157. The fraction of sp³-hybridized carbons (Fsp3) is 0.300. The Balaban J connectivity index is 2.22. The molecule has 132 valence electrons. The molecule has 1 amide bonds. The monoisotopic (exact) mass is 343 g/mol. The largest absolute Gasteiger partial charge is 0.481 e. The molecule has 0 aromatic heterocycles. The highest BCUT2D eigenvalue weighted by atomic mass is 19.1. The third-order valence-corrected chi connectivity index (χ3v) is 3.97. The van der Waals surface area contributed by atoms with Crippen LogP contribution in [0.4, 0.5) is 4.39 Å². The fourth-order valence-electron chi connectivity index (χ4n) is 2.49. The van der Waals surface area contributed by atoms with Crippen molar-refractivity contribution in [2.24, 2.45) is 0 Å². The maximum Gasteiger partial charge on any atom is 0.305 e. The van der Waals surface area contributed by atoms with Gasteiger partial charge in [0.2, 0.25) is 0 Å². The predicted octanol–water partition coefficient (Wildman–Crippen LogP) is 4.07. The highest BCUT2D eigenvalue weighted by Crippen LogP contribution is 2.25. The zero-order valence-corrected chi connectivity index (χ0v) is 14.5. The Morgan fingerprint density at radius 3 is 2.08 bits per heavy atom. The van der Waals surface area contributed by atoms with Crippen molar-refractivity contribution in [2.45, 2.75) is 38.6 Å². The van der Waals surface area contributed by atoms with E-state index in [4.69, 9.17) is 5.11 Å². The highest BCUT2D eigenvalue weighted by Gasteiger charge is 2.20. The number of aliphatic carboxylic acids is 1. The number of carboxylic acid groups (broad SMARTS) is 1. The first-order valence-corrected chi connectivity index (χ1v) is 8.05. The number of carboxylic acids is 1. The summed E-state index contributed by atoms with van der Waals surface area (Å²) >= 11 is 0. The Morgan fingerprint density at radius 1 is 1.04 bits per heavy atom. The van der Waals surface area contributed by atoms with Crippen molar-refractivity contribution in [2.75, 3.05) is 0 Å². The van der Waals surface area contributed by atoms with Crippen molar-refractivity contribution in [3.05, 3.63) is 71.0 Å². The number of halogens is 1. The van der Waals surface area contributed by atoms with Gasteiger partial charge >= 0.3 is 5.97 Å². The van der Waals surface area contributed by atoms with Gasteiger partial charge in [-0.15, -0.1) is 0 Å². The summed E-state index contributed by atoms with van der Waals surface area (Å²) < 4.78 is 13.0. The summed E-state index contributed by atoms with van der Waals surface area (Å²) in [5.74, 6) is -1.88. The number of amides is 1. The molecule has 0 heterocycles. The standard InChI is InChI=1S/C20H22FNO3/c1-20(2,3)15-8-4-13(5-9-15)17(12-18(23)24)22-19(25)14-6-10-16(21)11-7-14/h4-11,17H,12H2,1-3H3,(H,22,25)(H,23,24). The molecule has 0 saturated carbocycles. The Morgan fingerprint density at radius 2 is 1.60 bits per heavy atom. The summed E-state index contributed by atoms with van der Waals surface area (Å²) in [6, 6.07) is 12.0. The van der Waals surface area contributed by atoms with Crippen LogP contribution in [0, 0.1) is 5.82 Å². The molecule has 2 N–H and O–H groups in total. The van der Waals surface area contributed by atoms with E-state index in [1.807, 2.05) is 24.3 Å². The topological polar surface area (TPSA) is 66.4 Å². The lowest BCUT2D eigenvalue weighted by Crippen LogP contribution is -2.30. The number of carbonyl (C=O) groups is 2. The molecule has 2 aromatic rings. The first-order valence-electron chi connectivity index (χ1n) is 8.05. The molecule has 0 fully saturated rings. The van der Waals surface area contributed by atoms with E-state index in [-0.39, 0.29) is 17.4 Å². The van der Waals surface area contributed by atoms with Gasteiger partial charge in [0, 0.05) is 5.56 Å². The van der Waals surface area contributed by atoms with Crippen LogP contribution in [0.5, 0.6) is 0 Å². The van der Waals surface area contributed by atoms with Crippen LogP contribution in [0.25, 0.3) is 0 Å². The number of nitrogens with one attached hydrogen (secondary N) is 1. The van der Waals surface area contributed by atoms with Crippen molar-refractivity contribution in [1.82, 2.24) is 5.32 Å². The number of carbonyl (C=O) groups excluding carboxylic acids is 1. The molecule has 0 bridgehead atoms. The van der Waals surface area contributed by atoms with Gasteiger partial charge in [-0.2, -0.15) is 0 Å². The maximum atomic E-state index is 13.0. The Kier molecular flexibility index (Phi) is 5.57.